The van der Waals surface area contributed by atoms with Crippen molar-refractivity contribution in [1.29, 1.82) is 0 Å². The maximum Gasteiger partial charge on any atom is 0.142 e. The van der Waals surface area contributed by atoms with Crippen molar-refractivity contribution in [3.63, 3.8) is 0 Å². The maximum absolute atomic E-state index is 6.10. The minimum absolute atomic E-state index is 0.0186. The molecule has 0 spiro atoms. The van der Waals surface area contributed by atoms with Crippen molar-refractivity contribution in [2.24, 2.45) is 0 Å². The normalized spacial score (nSPS) is 19.0. The highest BCUT2D eigenvalue weighted by Gasteiger charge is 2.21. The van der Waals surface area contributed by atoms with Gasteiger partial charge in [0.1, 0.15) is 11.9 Å². The van der Waals surface area contributed by atoms with Crippen molar-refractivity contribution < 1.29 is 9.47 Å². The van der Waals surface area contributed by atoms with Gasteiger partial charge in [-0.05, 0) is 18.2 Å². The summed E-state index contributed by atoms with van der Waals surface area (Å²) in [7, 11) is 1.64. The first-order valence-corrected chi connectivity index (χ1v) is 6.86. The lowest BCUT2D eigenvalue weighted by molar-refractivity contribution is 0.0240. The Hall–Kier alpha value is -1.56. The first-order chi connectivity index (χ1) is 9.79. The Morgan fingerprint density at radius 3 is 3.15 bits per heavy atom. The van der Waals surface area contributed by atoms with E-state index in [1.165, 1.54) is 0 Å². The van der Waals surface area contributed by atoms with E-state index in [0.29, 0.717) is 11.6 Å². The molecule has 5 nitrogen and oxygen atoms in total. The van der Waals surface area contributed by atoms with Gasteiger partial charge < -0.3 is 14.8 Å². The van der Waals surface area contributed by atoms with Gasteiger partial charge in [0.15, 0.2) is 0 Å². The van der Waals surface area contributed by atoms with Crippen LogP contribution in [0.15, 0.2) is 30.7 Å². The van der Waals surface area contributed by atoms with Gasteiger partial charge in [0.05, 0.1) is 37.6 Å². The zero-order valence-electron chi connectivity index (χ0n) is 11.2. The summed E-state index contributed by atoms with van der Waals surface area (Å²) in [6.07, 6.45) is 3.55. The molecule has 2 heterocycles. The summed E-state index contributed by atoms with van der Waals surface area (Å²) in [5.41, 5.74) is 1.85. The van der Waals surface area contributed by atoms with E-state index < -0.39 is 0 Å². The first kappa shape index (κ1) is 13.4. The second-order valence-electron chi connectivity index (χ2n) is 4.57. The average Bonchev–Trinajstić information content (AvgIpc) is 2.97. The quantitative estimate of drug-likeness (QED) is 0.942. The molecule has 0 saturated carbocycles. The van der Waals surface area contributed by atoms with Crippen LogP contribution >= 0.6 is 11.6 Å². The van der Waals surface area contributed by atoms with E-state index in [2.05, 4.69) is 10.3 Å². The number of ether oxygens (including phenoxy) is 2. The summed E-state index contributed by atoms with van der Waals surface area (Å²) in [6.45, 7) is 2.35. The van der Waals surface area contributed by atoms with Gasteiger partial charge in [-0.2, -0.15) is 0 Å². The molecule has 2 aromatic rings. The molecule has 3 rings (SSSR count). The van der Waals surface area contributed by atoms with E-state index in [0.717, 1.165) is 30.2 Å². The smallest absolute Gasteiger partial charge is 0.142 e. The van der Waals surface area contributed by atoms with Crippen LogP contribution in [0.4, 0.5) is 0 Å². The van der Waals surface area contributed by atoms with Gasteiger partial charge in [-0.3, -0.25) is 4.57 Å². The minimum Gasteiger partial charge on any atom is -0.495 e. The Labute approximate surface area is 122 Å². The summed E-state index contributed by atoms with van der Waals surface area (Å²) < 4.78 is 13.2. The van der Waals surface area contributed by atoms with E-state index in [4.69, 9.17) is 21.1 Å². The van der Waals surface area contributed by atoms with Gasteiger partial charge in [0, 0.05) is 18.1 Å². The molecule has 1 N–H and O–H groups in total. The number of halogens is 1. The monoisotopic (exact) mass is 293 g/mol. The average molecular weight is 294 g/mol. The van der Waals surface area contributed by atoms with Crippen molar-refractivity contribution in [3.05, 3.63) is 41.4 Å². The van der Waals surface area contributed by atoms with Gasteiger partial charge in [0.2, 0.25) is 0 Å². The van der Waals surface area contributed by atoms with Crippen LogP contribution in [0.25, 0.3) is 5.69 Å². The number of hydrogen-bond donors (Lipinski definition) is 1. The number of nitrogens with zero attached hydrogens (tertiary/aromatic N) is 2. The van der Waals surface area contributed by atoms with E-state index in [-0.39, 0.29) is 6.10 Å². The fourth-order valence-corrected chi connectivity index (χ4v) is 2.52. The molecule has 1 aliphatic rings. The van der Waals surface area contributed by atoms with Crippen molar-refractivity contribution in [2.45, 2.75) is 6.10 Å². The zero-order chi connectivity index (χ0) is 13.9. The molecule has 0 bridgehead atoms. The maximum atomic E-state index is 6.10. The van der Waals surface area contributed by atoms with Crippen molar-refractivity contribution in [1.82, 2.24) is 14.9 Å². The van der Waals surface area contributed by atoms with E-state index >= 15 is 0 Å². The molecule has 1 atom stereocenters. The van der Waals surface area contributed by atoms with E-state index in [1.54, 1.807) is 19.5 Å². The molecule has 0 amide bonds. The highest BCUT2D eigenvalue weighted by molar-refractivity contribution is 6.30. The number of methoxy groups -OCH3 is 1. The Morgan fingerprint density at radius 2 is 2.40 bits per heavy atom. The third kappa shape index (κ3) is 2.52. The summed E-state index contributed by atoms with van der Waals surface area (Å²) >= 11 is 6.10. The number of rotatable bonds is 3. The van der Waals surface area contributed by atoms with Crippen LogP contribution in [0, 0.1) is 0 Å². The van der Waals surface area contributed by atoms with Gasteiger partial charge >= 0.3 is 0 Å². The number of imidazole rings is 1. The fraction of sp³-hybridized carbons (Fsp3) is 0.357. The number of nitrogens with one attached hydrogen (secondary N) is 1. The van der Waals surface area contributed by atoms with Crippen LogP contribution in [0.3, 0.4) is 0 Å². The summed E-state index contributed by atoms with van der Waals surface area (Å²) in [5, 5.41) is 3.97. The van der Waals surface area contributed by atoms with Gasteiger partial charge in [-0.25, -0.2) is 4.98 Å². The summed E-state index contributed by atoms with van der Waals surface area (Å²) in [4.78, 5) is 4.24. The standard InChI is InChI=1S/C14H16ClN3O2/c1-19-13-3-2-10(15)6-11(13)18-9-17-7-12(18)14-8-16-4-5-20-14/h2-3,6-7,9,14,16H,4-5,8H2,1H3. The minimum atomic E-state index is -0.0186. The number of morpholine rings is 1. The third-order valence-corrected chi connectivity index (χ3v) is 3.56. The van der Waals surface area contributed by atoms with Crippen LogP contribution in [0.5, 0.6) is 5.75 Å². The second kappa shape index (κ2) is 5.83. The summed E-state index contributed by atoms with van der Waals surface area (Å²) in [5.74, 6) is 0.748. The number of benzene rings is 1. The molecule has 1 aromatic heterocycles. The van der Waals surface area contributed by atoms with Crippen LogP contribution in [-0.2, 0) is 4.74 Å². The molecule has 20 heavy (non-hydrogen) atoms. The predicted molar refractivity (Wildman–Crippen MR) is 76.7 cm³/mol. The van der Waals surface area contributed by atoms with Crippen LogP contribution in [0.1, 0.15) is 11.8 Å². The molecule has 106 valence electrons. The number of aromatic nitrogens is 2. The topological polar surface area (TPSA) is 48.3 Å². The number of hydrogen-bond acceptors (Lipinski definition) is 4. The van der Waals surface area contributed by atoms with Crippen LogP contribution in [-0.4, -0.2) is 36.4 Å². The van der Waals surface area contributed by atoms with Gasteiger partial charge in [-0.15, -0.1) is 0 Å². The molecule has 0 aliphatic carbocycles. The van der Waals surface area contributed by atoms with Crippen molar-refractivity contribution in [2.75, 3.05) is 26.8 Å². The molecule has 1 fully saturated rings. The predicted octanol–water partition coefficient (Wildman–Crippen LogP) is 2.20. The van der Waals surface area contributed by atoms with E-state index in [1.807, 2.05) is 22.9 Å². The Morgan fingerprint density at radius 1 is 1.50 bits per heavy atom. The molecule has 1 saturated heterocycles. The lowest BCUT2D eigenvalue weighted by atomic mass is 10.2. The lowest BCUT2D eigenvalue weighted by Crippen LogP contribution is -2.34. The third-order valence-electron chi connectivity index (χ3n) is 3.33. The van der Waals surface area contributed by atoms with Crippen molar-refractivity contribution >= 4 is 11.6 Å². The highest BCUT2D eigenvalue weighted by Crippen LogP contribution is 2.30. The second-order valence-corrected chi connectivity index (χ2v) is 5.00. The Kier molecular flexibility index (Phi) is 3.91. The van der Waals surface area contributed by atoms with Crippen LogP contribution in [0.2, 0.25) is 5.02 Å². The van der Waals surface area contributed by atoms with Gasteiger partial charge in [-0.1, -0.05) is 11.6 Å². The highest BCUT2D eigenvalue weighted by atomic mass is 35.5. The molecule has 1 aliphatic heterocycles. The molecule has 6 heteroatoms. The lowest BCUT2D eigenvalue weighted by Gasteiger charge is -2.25. The first-order valence-electron chi connectivity index (χ1n) is 6.48. The van der Waals surface area contributed by atoms with E-state index in [9.17, 15) is 0 Å². The molecule has 0 radical (unpaired) electrons. The molecular formula is C14H16ClN3O2. The SMILES string of the molecule is COc1ccc(Cl)cc1-n1cncc1C1CNCCO1. The zero-order valence-corrected chi connectivity index (χ0v) is 11.9. The summed E-state index contributed by atoms with van der Waals surface area (Å²) in [6, 6.07) is 5.52. The Balaban J connectivity index is 2.02. The molecule has 1 unspecified atom stereocenters. The van der Waals surface area contributed by atoms with Crippen molar-refractivity contribution in [3.8, 4) is 11.4 Å². The van der Waals surface area contributed by atoms with Crippen LogP contribution < -0.4 is 10.1 Å². The molecule has 1 aromatic carbocycles. The largest absolute Gasteiger partial charge is 0.495 e. The van der Waals surface area contributed by atoms with Gasteiger partial charge in [0.25, 0.3) is 0 Å². The Bertz CT molecular complexity index is 594. The fourth-order valence-electron chi connectivity index (χ4n) is 2.35. The molecular weight excluding hydrogens is 278 g/mol.